The molecule has 0 aliphatic carbocycles. The van der Waals surface area contributed by atoms with E-state index in [1.54, 1.807) is 12.1 Å². The van der Waals surface area contributed by atoms with Crippen molar-refractivity contribution in [3.8, 4) is 5.75 Å². The van der Waals surface area contributed by atoms with E-state index in [2.05, 4.69) is 5.90 Å². The number of carboxylic acid groups (broad SMARTS) is 1. The second-order valence-corrected chi connectivity index (χ2v) is 7.03. The summed E-state index contributed by atoms with van der Waals surface area (Å²) in [6.07, 6.45) is 3.56. The minimum atomic E-state index is -3.90. The van der Waals surface area contributed by atoms with Gasteiger partial charge < -0.3 is 15.1 Å². The Morgan fingerprint density at radius 2 is 1.91 bits per heavy atom. The Bertz CT molecular complexity index is 573. The van der Waals surface area contributed by atoms with E-state index in [-0.39, 0.29) is 11.3 Å². The highest BCUT2D eigenvalue weighted by molar-refractivity contribution is 7.92. The number of methoxy groups -OCH3 is 1. The van der Waals surface area contributed by atoms with Crippen LogP contribution < -0.4 is 10.6 Å². The van der Waals surface area contributed by atoms with Crippen LogP contribution in [0.25, 0.3) is 0 Å². The lowest BCUT2D eigenvalue weighted by Gasteiger charge is -2.14. The van der Waals surface area contributed by atoms with E-state index in [1.165, 1.54) is 19.2 Å². The number of carboxylic acids is 1. The Labute approximate surface area is 137 Å². The zero-order chi connectivity index (χ0) is 17.9. The molecule has 0 aliphatic rings. The molecule has 0 saturated carbocycles. The Morgan fingerprint density at radius 1 is 1.26 bits per heavy atom. The molecule has 1 atom stereocenters. The molecule has 0 spiro atoms. The lowest BCUT2D eigenvalue weighted by atomic mass is 10.1. The average molecular weight is 347 g/mol. The van der Waals surface area contributed by atoms with E-state index in [4.69, 9.17) is 9.94 Å². The van der Waals surface area contributed by atoms with Gasteiger partial charge in [0, 0.05) is 0 Å². The first-order chi connectivity index (χ1) is 10.9. The topological polar surface area (TPSA) is 127 Å². The van der Waals surface area contributed by atoms with Crippen molar-refractivity contribution < 1.29 is 28.3 Å². The number of hydrogen-bond donors (Lipinski definition) is 3. The monoisotopic (exact) mass is 347 g/mol. The fourth-order valence-corrected chi connectivity index (χ4v) is 3.73. The van der Waals surface area contributed by atoms with Crippen molar-refractivity contribution in [1.82, 2.24) is 0 Å². The number of hydrogen-bond acceptors (Lipinski definition) is 6. The van der Waals surface area contributed by atoms with E-state index in [0.29, 0.717) is 12.2 Å². The quantitative estimate of drug-likeness (QED) is 0.461. The van der Waals surface area contributed by atoms with E-state index < -0.39 is 21.1 Å². The van der Waals surface area contributed by atoms with Crippen LogP contribution in [-0.2, 0) is 14.6 Å². The van der Waals surface area contributed by atoms with E-state index in [0.717, 1.165) is 19.3 Å². The summed E-state index contributed by atoms with van der Waals surface area (Å²) in [5.41, 5.74) is 0. The van der Waals surface area contributed by atoms with Gasteiger partial charge in [0.2, 0.25) is 0 Å². The van der Waals surface area contributed by atoms with Gasteiger partial charge in [-0.2, -0.15) is 0 Å². The molecule has 0 aromatic heterocycles. The molecule has 0 fully saturated rings. The summed E-state index contributed by atoms with van der Waals surface area (Å²) in [5, 5.41) is 14.3. The van der Waals surface area contributed by atoms with E-state index in [1.807, 2.05) is 6.92 Å². The highest BCUT2D eigenvalue weighted by Crippen LogP contribution is 2.24. The van der Waals surface area contributed by atoms with Gasteiger partial charge in [0.15, 0.2) is 15.1 Å². The van der Waals surface area contributed by atoms with Gasteiger partial charge in [0.1, 0.15) is 5.75 Å². The summed E-state index contributed by atoms with van der Waals surface area (Å²) in [5.74, 6) is 2.60. The van der Waals surface area contributed by atoms with Crippen LogP contribution in [0.15, 0.2) is 29.2 Å². The molecule has 1 unspecified atom stereocenters. The fourth-order valence-electron chi connectivity index (χ4n) is 2.11. The zero-order valence-electron chi connectivity index (χ0n) is 13.4. The molecular weight excluding hydrogens is 322 g/mol. The molecule has 7 nitrogen and oxygen atoms in total. The van der Waals surface area contributed by atoms with Crippen LogP contribution in [0.2, 0.25) is 0 Å². The van der Waals surface area contributed by atoms with Gasteiger partial charge in [-0.05, 0) is 24.6 Å². The Kier molecular flexibility index (Phi) is 10.2. The van der Waals surface area contributed by atoms with Crippen molar-refractivity contribution >= 4 is 15.8 Å². The van der Waals surface area contributed by atoms with Gasteiger partial charge in [-0.25, -0.2) is 14.3 Å². The van der Waals surface area contributed by atoms with E-state index >= 15 is 0 Å². The third-order valence-electron chi connectivity index (χ3n) is 3.34. The van der Waals surface area contributed by atoms with Crippen LogP contribution in [-0.4, -0.2) is 37.1 Å². The first-order valence-corrected chi connectivity index (χ1v) is 8.84. The molecule has 8 heteroatoms. The second-order valence-electron chi connectivity index (χ2n) is 4.90. The molecule has 0 heterocycles. The summed E-state index contributed by atoms with van der Waals surface area (Å²) >= 11 is 0. The molecule has 1 aromatic carbocycles. The summed E-state index contributed by atoms with van der Waals surface area (Å²) in [7, 11) is -2.46. The smallest absolute Gasteiger partial charge is 0.322 e. The highest BCUT2D eigenvalue weighted by Gasteiger charge is 2.33. The standard InChI is InChI=1S/C15H22O5S.H3NO/c1-3-4-5-6-10-14(15(16)17)21(18,19)13-9-7-8-12(11-13)20-2;1-2/h7-9,11,14H,3-6,10H2,1-2H3,(H,16,17);2H,1H2. The Morgan fingerprint density at radius 3 is 2.43 bits per heavy atom. The predicted molar refractivity (Wildman–Crippen MR) is 86.3 cm³/mol. The van der Waals surface area contributed by atoms with Crippen molar-refractivity contribution in [2.75, 3.05) is 7.11 Å². The number of unbranched alkanes of at least 4 members (excludes halogenated alkanes) is 3. The maximum atomic E-state index is 12.5. The van der Waals surface area contributed by atoms with Crippen LogP contribution in [0.3, 0.4) is 0 Å². The van der Waals surface area contributed by atoms with Crippen LogP contribution in [0.5, 0.6) is 5.75 Å². The van der Waals surface area contributed by atoms with Gasteiger partial charge >= 0.3 is 5.97 Å². The fraction of sp³-hybridized carbons (Fsp3) is 0.533. The van der Waals surface area contributed by atoms with Crippen LogP contribution in [0, 0.1) is 0 Å². The lowest BCUT2D eigenvalue weighted by molar-refractivity contribution is -0.136. The SMILES string of the molecule is CCCCCCC(C(=O)O)S(=O)(=O)c1cccc(OC)c1.NO. The molecule has 0 aliphatic heterocycles. The minimum absolute atomic E-state index is 0.00950. The zero-order valence-corrected chi connectivity index (χ0v) is 14.3. The Hall–Kier alpha value is -1.64. The van der Waals surface area contributed by atoms with Gasteiger partial charge in [-0.3, -0.25) is 4.79 Å². The van der Waals surface area contributed by atoms with Crippen molar-refractivity contribution in [3.05, 3.63) is 24.3 Å². The first-order valence-electron chi connectivity index (χ1n) is 7.30. The normalized spacial score (nSPS) is 12.0. The molecule has 23 heavy (non-hydrogen) atoms. The molecule has 0 amide bonds. The number of carbonyl (C=O) groups is 1. The molecule has 0 saturated heterocycles. The molecule has 4 N–H and O–H groups in total. The molecule has 0 bridgehead atoms. The van der Waals surface area contributed by atoms with Crippen molar-refractivity contribution in [1.29, 1.82) is 0 Å². The number of benzene rings is 1. The summed E-state index contributed by atoms with van der Waals surface area (Å²) < 4.78 is 29.9. The Balaban J connectivity index is 0.00000232. The van der Waals surface area contributed by atoms with E-state index in [9.17, 15) is 18.3 Å². The highest BCUT2D eigenvalue weighted by atomic mass is 32.2. The molecular formula is C15H25NO6S. The third kappa shape index (κ3) is 6.55. The maximum Gasteiger partial charge on any atom is 0.322 e. The van der Waals surface area contributed by atoms with Gasteiger partial charge in [0.05, 0.1) is 12.0 Å². The maximum absolute atomic E-state index is 12.5. The minimum Gasteiger partial charge on any atom is -0.497 e. The number of ether oxygens (including phenoxy) is 1. The summed E-state index contributed by atoms with van der Waals surface area (Å²) in [6, 6.07) is 5.93. The molecule has 132 valence electrons. The third-order valence-corrected chi connectivity index (χ3v) is 5.44. The summed E-state index contributed by atoms with van der Waals surface area (Å²) in [4.78, 5) is 11.3. The van der Waals surface area contributed by atoms with Crippen molar-refractivity contribution in [3.63, 3.8) is 0 Å². The van der Waals surface area contributed by atoms with Crippen molar-refractivity contribution in [2.24, 2.45) is 5.90 Å². The van der Waals surface area contributed by atoms with Crippen LogP contribution in [0.4, 0.5) is 0 Å². The second kappa shape index (κ2) is 11.0. The largest absolute Gasteiger partial charge is 0.497 e. The van der Waals surface area contributed by atoms with Crippen molar-refractivity contribution in [2.45, 2.75) is 49.2 Å². The number of aliphatic carboxylic acids is 1. The molecule has 1 rings (SSSR count). The molecule has 1 aromatic rings. The van der Waals surface area contributed by atoms with Gasteiger partial charge in [-0.15, -0.1) is 0 Å². The van der Waals surface area contributed by atoms with Gasteiger partial charge in [0.25, 0.3) is 0 Å². The number of sulfone groups is 1. The predicted octanol–water partition coefficient (Wildman–Crippen LogP) is 2.23. The number of rotatable bonds is 9. The average Bonchev–Trinajstić information content (AvgIpc) is 2.56. The van der Waals surface area contributed by atoms with Crippen LogP contribution in [0.1, 0.15) is 39.0 Å². The van der Waals surface area contributed by atoms with Gasteiger partial charge in [-0.1, -0.05) is 38.7 Å². The first kappa shape index (κ1) is 21.4. The summed E-state index contributed by atoms with van der Waals surface area (Å²) in [6.45, 7) is 2.04. The number of nitrogens with two attached hydrogens (primary N) is 1. The molecule has 0 radical (unpaired) electrons. The lowest BCUT2D eigenvalue weighted by Crippen LogP contribution is -2.30. The van der Waals surface area contributed by atoms with Crippen LogP contribution >= 0.6 is 0 Å².